The second kappa shape index (κ2) is 10.0. The average Bonchev–Trinajstić information content (AvgIpc) is 3.24. The van der Waals surface area contributed by atoms with E-state index >= 15 is 0 Å². The minimum Gasteiger partial charge on any atom is -0.373 e. The third kappa shape index (κ3) is 6.37. The second-order valence-electron chi connectivity index (χ2n) is 9.96. The summed E-state index contributed by atoms with van der Waals surface area (Å²) in [5, 5.41) is 10.4. The molecule has 1 atom stereocenters. The highest BCUT2D eigenvalue weighted by Crippen LogP contribution is 2.33. The lowest BCUT2D eigenvalue weighted by molar-refractivity contribution is -0.137. The Bertz CT molecular complexity index is 1270. The summed E-state index contributed by atoms with van der Waals surface area (Å²) in [6.07, 6.45) is -0.877. The molecule has 12 heteroatoms. The van der Waals surface area contributed by atoms with Crippen LogP contribution in [-0.4, -0.2) is 51.0 Å². The van der Waals surface area contributed by atoms with Gasteiger partial charge in [0.2, 0.25) is 11.9 Å². The van der Waals surface area contributed by atoms with Gasteiger partial charge in [0.1, 0.15) is 11.7 Å². The van der Waals surface area contributed by atoms with Crippen molar-refractivity contribution < 1.29 is 22.7 Å². The number of benzene rings is 1. The Morgan fingerprint density at radius 2 is 1.81 bits per heavy atom. The first kappa shape index (κ1) is 26.4. The highest BCUT2D eigenvalue weighted by Gasteiger charge is 2.34. The number of halogens is 3. The summed E-state index contributed by atoms with van der Waals surface area (Å²) >= 11 is 0. The SMILES string of the molecule is Cc1nc(NCc2cnn(Cc3ccc(C(F)(F)F)cc3)c2)nc2c1NC(=O)[C@H](COC(C)(C)C)N2C. The molecular weight excluding hydrogens is 487 g/mol. The normalized spacial score (nSPS) is 15.9. The third-order valence-corrected chi connectivity index (χ3v) is 5.86. The minimum absolute atomic E-state index is 0.174. The minimum atomic E-state index is -4.36. The number of carbonyl (C=O) groups excluding carboxylic acids is 1. The molecule has 3 heterocycles. The van der Waals surface area contributed by atoms with Gasteiger partial charge in [-0.2, -0.15) is 23.3 Å². The molecule has 3 aromatic rings. The van der Waals surface area contributed by atoms with E-state index in [1.165, 1.54) is 12.1 Å². The van der Waals surface area contributed by atoms with Crippen LogP contribution in [0.15, 0.2) is 36.7 Å². The van der Waals surface area contributed by atoms with Crippen LogP contribution in [0.25, 0.3) is 0 Å². The van der Waals surface area contributed by atoms with E-state index in [1.54, 1.807) is 29.7 Å². The molecule has 0 radical (unpaired) electrons. The predicted molar refractivity (Wildman–Crippen MR) is 133 cm³/mol. The lowest BCUT2D eigenvalue weighted by atomic mass is 10.1. The van der Waals surface area contributed by atoms with Gasteiger partial charge < -0.3 is 20.3 Å². The number of fused-ring (bicyclic) bond motifs is 1. The number of rotatable bonds is 7. The van der Waals surface area contributed by atoms with Gasteiger partial charge in [-0.05, 0) is 45.4 Å². The average molecular weight is 518 g/mol. The fourth-order valence-corrected chi connectivity index (χ4v) is 3.84. The van der Waals surface area contributed by atoms with Gasteiger partial charge in [0.25, 0.3) is 0 Å². The Labute approximate surface area is 213 Å². The molecule has 1 aliphatic rings. The summed E-state index contributed by atoms with van der Waals surface area (Å²) in [6.45, 7) is 8.54. The van der Waals surface area contributed by atoms with Crippen molar-refractivity contribution in [1.29, 1.82) is 0 Å². The van der Waals surface area contributed by atoms with Crippen LogP contribution in [0.3, 0.4) is 0 Å². The molecule has 37 heavy (non-hydrogen) atoms. The predicted octanol–water partition coefficient (Wildman–Crippen LogP) is 4.23. The zero-order valence-corrected chi connectivity index (χ0v) is 21.3. The molecule has 0 fully saturated rings. The number of aromatic nitrogens is 4. The molecular formula is C25H30F3N7O2. The number of nitrogens with one attached hydrogen (secondary N) is 2. The van der Waals surface area contributed by atoms with Crippen LogP contribution in [0, 0.1) is 6.92 Å². The molecule has 0 saturated heterocycles. The van der Waals surface area contributed by atoms with Crippen molar-refractivity contribution in [3.63, 3.8) is 0 Å². The summed E-state index contributed by atoms with van der Waals surface area (Å²) in [4.78, 5) is 23.5. The van der Waals surface area contributed by atoms with Gasteiger partial charge in [-0.25, -0.2) is 4.98 Å². The Morgan fingerprint density at radius 1 is 1.11 bits per heavy atom. The topological polar surface area (TPSA) is 97.2 Å². The van der Waals surface area contributed by atoms with Crippen molar-refractivity contribution in [2.45, 2.75) is 58.6 Å². The summed E-state index contributed by atoms with van der Waals surface area (Å²) < 4.78 is 45.8. The summed E-state index contributed by atoms with van der Waals surface area (Å²) in [6, 6.07) is 4.49. The Kier molecular flexibility index (Phi) is 7.13. The molecule has 1 aromatic carbocycles. The third-order valence-electron chi connectivity index (χ3n) is 5.86. The monoisotopic (exact) mass is 517 g/mol. The highest BCUT2D eigenvalue weighted by atomic mass is 19.4. The van der Waals surface area contributed by atoms with E-state index in [-0.39, 0.29) is 18.1 Å². The highest BCUT2D eigenvalue weighted by molar-refractivity contribution is 6.03. The van der Waals surface area contributed by atoms with Gasteiger partial charge in [-0.1, -0.05) is 12.1 Å². The molecule has 0 aliphatic carbocycles. The van der Waals surface area contributed by atoms with Crippen LogP contribution < -0.4 is 15.5 Å². The lowest BCUT2D eigenvalue weighted by Gasteiger charge is -2.36. The summed E-state index contributed by atoms with van der Waals surface area (Å²) in [7, 11) is 1.80. The number of nitrogens with zero attached hydrogens (tertiary/aromatic N) is 5. The molecule has 198 valence electrons. The number of amides is 1. The van der Waals surface area contributed by atoms with E-state index in [0.29, 0.717) is 41.8 Å². The smallest absolute Gasteiger partial charge is 0.373 e. The van der Waals surface area contributed by atoms with E-state index in [4.69, 9.17) is 4.74 Å². The number of carbonyl (C=O) groups is 1. The van der Waals surface area contributed by atoms with Crippen LogP contribution in [0.1, 0.15) is 43.2 Å². The fraction of sp³-hybridized carbons (Fsp3) is 0.440. The van der Waals surface area contributed by atoms with Crippen molar-refractivity contribution in [2.75, 3.05) is 29.2 Å². The van der Waals surface area contributed by atoms with Crippen LogP contribution in [0.2, 0.25) is 0 Å². The number of hydrogen-bond acceptors (Lipinski definition) is 7. The first-order valence-electron chi connectivity index (χ1n) is 11.8. The number of aryl methyl sites for hydroxylation is 1. The second-order valence-corrected chi connectivity index (χ2v) is 9.96. The standard InChI is InChI=1S/C25H30F3N7O2/c1-15-20-21(34(5)19(22(36)32-20)14-37-24(2,3)4)33-23(31-15)29-10-17-11-30-35(13-17)12-16-6-8-18(9-7-16)25(26,27)28/h6-9,11,13,19H,10,12,14H2,1-5H3,(H,32,36)(H,29,31,33)/t19-/m0/s1. The van der Waals surface area contributed by atoms with Gasteiger partial charge in [0.15, 0.2) is 5.82 Å². The van der Waals surface area contributed by atoms with Gasteiger partial charge in [0.05, 0.1) is 36.2 Å². The summed E-state index contributed by atoms with van der Waals surface area (Å²) in [5.41, 5.74) is 1.69. The van der Waals surface area contributed by atoms with E-state index in [1.807, 2.05) is 27.0 Å². The van der Waals surface area contributed by atoms with Crippen LogP contribution in [0.5, 0.6) is 0 Å². The zero-order valence-electron chi connectivity index (χ0n) is 21.3. The van der Waals surface area contributed by atoms with E-state index in [9.17, 15) is 18.0 Å². The zero-order chi connectivity index (χ0) is 27.0. The Morgan fingerprint density at radius 3 is 2.46 bits per heavy atom. The lowest BCUT2D eigenvalue weighted by Crippen LogP contribution is -2.50. The van der Waals surface area contributed by atoms with Gasteiger partial charge >= 0.3 is 6.18 Å². The van der Waals surface area contributed by atoms with Gasteiger partial charge in [-0.15, -0.1) is 0 Å². The molecule has 0 bridgehead atoms. The maximum Gasteiger partial charge on any atom is 0.416 e. The van der Waals surface area contributed by atoms with E-state index in [0.717, 1.165) is 17.7 Å². The molecule has 9 nitrogen and oxygen atoms in total. The van der Waals surface area contributed by atoms with Gasteiger partial charge in [-0.3, -0.25) is 9.48 Å². The first-order chi connectivity index (χ1) is 17.3. The molecule has 1 aliphatic heterocycles. The number of anilines is 3. The molecule has 0 saturated carbocycles. The maximum atomic E-state index is 12.8. The fourth-order valence-electron chi connectivity index (χ4n) is 3.84. The Hall–Kier alpha value is -3.67. The first-order valence-corrected chi connectivity index (χ1v) is 11.8. The van der Waals surface area contributed by atoms with Crippen LogP contribution in [0.4, 0.5) is 30.6 Å². The largest absolute Gasteiger partial charge is 0.416 e. The molecule has 1 amide bonds. The van der Waals surface area contributed by atoms with Crippen LogP contribution >= 0.6 is 0 Å². The quantitative estimate of drug-likeness (QED) is 0.484. The van der Waals surface area contributed by atoms with Crippen molar-refractivity contribution >= 4 is 23.4 Å². The number of ether oxygens (including phenoxy) is 1. The van der Waals surface area contributed by atoms with E-state index < -0.39 is 17.8 Å². The van der Waals surface area contributed by atoms with Crippen molar-refractivity contribution in [3.8, 4) is 0 Å². The number of likely N-dealkylation sites (N-methyl/N-ethyl adjacent to an activating group) is 1. The molecule has 0 spiro atoms. The number of alkyl halides is 3. The summed E-state index contributed by atoms with van der Waals surface area (Å²) in [5.74, 6) is 0.812. The van der Waals surface area contributed by atoms with E-state index in [2.05, 4.69) is 25.7 Å². The van der Waals surface area contributed by atoms with Gasteiger partial charge in [0, 0.05) is 25.4 Å². The molecule has 0 unspecified atom stereocenters. The molecule has 2 N–H and O–H groups in total. The van der Waals surface area contributed by atoms with Crippen molar-refractivity contribution in [2.24, 2.45) is 0 Å². The maximum absolute atomic E-state index is 12.8. The van der Waals surface area contributed by atoms with Crippen molar-refractivity contribution in [1.82, 2.24) is 19.7 Å². The van der Waals surface area contributed by atoms with Crippen LogP contribution in [-0.2, 0) is 28.8 Å². The molecule has 2 aromatic heterocycles. The Balaban J connectivity index is 1.41. The van der Waals surface area contributed by atoms with Crippen molar-refractivity contribution in [3.05, 3.63) is 59.0 Å². The molecule has 4 rings (SSSR count). The number of hydrogen-bond donors (Lipinski definition) is 2.